The number of nitrogens with zero attached hydrogens (tertiary/aromatic N) is 2. The molecular weight excluding hydrogens is 472 g/mol. The standard InChI is InChI=1S/C21H26N2O12/c24-14(3-1-5-20(30)34-22-16(26)7-8-17(22)27)11-32-13-33-12-15(25)4-2-6-21(31)35-23-18(28)9-10-19(23)29/h1-13H2. The second kappa shape index (κ2) is 14.0. The van der Waals surface area contributed by atoms with E-state index in [1.54, 1.807) is 0 Å². The summed E-state index contributed by atoms with van der Waals surface area (Å²) in [6.45, 7) is -0.918. The molecule has 2 rings (SSSR count). The van der Waals surface area contributed by atoms with Gasteiger partial charge in [0.25, 0.3) is 23.6 Å². The van der Waals surface area contributed by atoms with Crippen LogP contribution >= 0.6 is 0 Å². The van der Waals surface area contributed by atoms with E-state index >= 15 is 0 Å². The number of rotatable bonds is 16. The molecule has 0 aliphatic carbocycles. The van der Waals surface area contributed by atoms with Gasteiger partial charge in [0, 0.05) is 51.4 Å². The third-order valence-electron chi connectivity index (χ3n) is 4.76. The van der Waals surface area contributed by atoms with Crippen LogP contribution in [0.1, 0.15) is 64.2 Å². The maximum absolute atomic E-state index is 11.7. The molecule has 0 aromatic carbocycles. The van der Waals surface area contributed by atoms with E-state index in [9.17, 15) is 38.4 Å². The van der Waals surface area contributed by atoms with Gasteiger partial charge in [0.05, 0.1) is 0 Å². The summed E-state index contributed by atoms with van der Waals surface area (Å²) in [5.41, 5.74) is 0. The maximum atomic E-state index is 11.7. The summed E-state index contributed by atoms with van der Waals surface area (Å²) >= 11 is 0. The summed E-state index contributed by atoms with van der Waals surface area (Å²) in [7, 11) is 0. The first kappa shape index (κ1) is 27.7. The third kappa shape index (κ3) is 9.70. The molecule has 2 aliphatic heterocycles. The van der Waals surface area contributed by atoms with Crippen LogP contribution in [0.3, 0.4) is 0 Å². The zero-order chi connectivity index (χ0) is 25.8. The number of hydroxylamine groups is 4. The first-order valence-corrected chi connectivity index (χ1v) is 11.0. The summed E-state index contributed by atoms with van der Waals surface area (Å²) in [4.78, 5) is 102. The van der Waals surface area contributed by atoms with E-state index in [0.717, 1.165) is 0 Å². The lowest BCUT2D eigenvalue weighted by atomic mass is 10.2. The number of carbonyl (C=O) groups excluding carboxylic acids is 8. The molecule has 192 valence electrons. The van der Waals surface area contributed by atoms with Gasteiger partial charge in [-0.15, -0.1) is 10.1 Å². The van der Waals surface area contributed by atoms with Gasteiger partial charge in [-0.05, 0) is 12.8 Å². The zero-order valence-electron chi connectivity index (χ0n) is 19.0. The number of Topliss-reactive ketones (excluding diaryl/α,β-unsaturated/α-hetero) is 2. The fraction of sp³-hybridized carbons (Fsp3) is 0.619. The van der Waals surface area contributed by atoms with Crippen LogP contribution in [-0.2, 0) is 57.5 Å². The van der Waals surface area contributed by atoms with E-state index < -0.39 is 35.6 Å². The molecule has 0 atom stereocenters. The van der Waals surface area contributed by atoms with Crippen LogP contribution in [0.5, 0.6) is 0 Å². The van der Waals surface area contributed by atoms with Gasteiger partial charge in [0.15, 0.2) is 11.6 Å². The molecule has 0 aromatic rings. The molecule has 0 spiro atoms. The third-order valence-corrected chi connectivity index (χ3v) is 4.76. The lowest BCUT2D eigenvalue weighted by molar-refractivity contribution is -0.197. The monoisotopic (exact) mass is 498 g/mol. The van der Waals surface area contributed by atoms with Crippen molar-refractivity contribution in [1.29, 1.82) is 0 Å². The van der Waals surface area contributed by atoms with E-state index in [1.165, 1.54) is 0 Å². The summed E-state index contributed by atoms with van der Waals surface area (Å²) < 4.78 is 9.99. The van der Waals surface area contributed by atoms with Gasteiger partial charge in [-0.3, -0.25) is 28.8 Å². The van der Waals surface area contributed by atoms with E-state index in [-0.39, 0.29) is 95.8 Å². The molecule has 0 bridgehead atoms. The molecule has 4 amide bonds. The number of ether oxygens (including phenoxy) is 2. The number of hydrogen-bond acceptors (Lipinski definition) is 12. The summed E-state index contributed by atoms with van der Waals surface area (Å²) in [5.74, 6) is -4.57. The average molecular weight is 498 g/mol. The molecule has 14 heteroatoms. The molecule has 0 saturated carbocycles. The highest BCUT2D eigenvalue weighted by Gasteiger charge is 2.33. The molecule has 2 heterocycles. The molecule has 0 unspecified atom stereocenters. The Bertz CT molecular complexity index is 782. The Hall–Kier alpha value is -3.52. The van der Waals surface area contributed by atoms with Crippen LogP contribution in [0.25, 0.3) is 0 Å². The van der Waals surface area contributed by atoms with Crippen LogP contribution in [0.2, 0.25) is 0 Å². The van der Waals surface area contributed by atoms with E-state index in [2.05, 4.69) is 9.68 Å². The van der Waals surface area contributed by atoms with Crippen LogP contribution in [0.15, 0.2) is 0 Å². The first-order valence-electron chi connectivity index (χ1n) is 11.0. The average Bonchev–Trinajstić information content (AvgIpc) is 3.29. The Morgan fingerprint density at radius 3 is 1.26 bits per heavy atom. The Morgan fingerprint density at radius 1 is 0.571 bits per heavy atom. The minimum Gasteiger partial charge on any atom is -0.348 e. The number of imide groups is 2. The van der Waals surface area contributed by atoms with Crippen molar-refractivity contribution in [3.63, 3.8) is 0 Å². The van der Waals surface area contributed by atoms with Gasteiger partial charge in [0.2, 0.25) is 0 Å². The van der Waals surface area contributed by atoms with Crippen molar-refractivity contribution in [2.45, 2.75) is 64.2 Å². The van der Waals surface area contributed by atoms with Gasteiger partial charge in [-0.1, -0.05) is 0 Å². The number of ketones is 2. The number of carbonyl (C=O) groups is 8. The normalized spacial score (nSPS) is 15.7. The second-order valence-electron chi connectivity index (χ2n) is 7.69. The van der Waals surface area contributed by atoms with Crippen molar-refractivity contribution in [3.05, 3.63) is 0 Å². The van der Waals surface area contributed by atoms with Crippen molar-refractivity contribution >= 4 is 47.1 Å². The topological polar surface area (TPSA) is 180 Å². The SMILES string of the molecule is O=C(CCCC(=O)ON1C(=O)CCC1=O)COCOCC(=O)CCCC(=O)ON1C(=O)CCC1=O. The first-order chi connectivity index (χ1) is 16.7. The fourth-order valence-electron chi connectivity index (χ4n) is 2.98. The van der Waals surface area contributed by atoms with Crippen molar-refractivity contribution in [1.82, 2.24) is 10.1 Å². The predicted octanol–water partition coefficient (Wildman–Crippen LogP) is -0.330. The Morgan fingerprint density at radius 2 is 0.914 bits per heavy atom. The second-order valence-corrected chi connectivity index (χ2v) is 7.69. The van der Waals surface area contributed by atoms with Crippen molar-refractivity contribution in [2.75, 3.05) is 20.0 Å². The Balaban J connectivity index is 1.44. The summed E-state index contributed by atoms with van der Waals surface area (Å²) in [6.07, 6.45) is -0.0622. The number of hydrogen-bond donors (Lipinski definition) is 0. The fourth-order valence-corrected chi connectivity index (χ4v) is 2.98. The van der Waals surface area contributed by atoms with Gasteiger partial charge in [-0.2, -0.15) is 0 Å². The summed E-state index contributed by atoms with van der Waals surface area (Å²) in [5, 5.41) is 0.882. The molecule has 0 N–H and O–H groups in total. The van der Waals surface area contributed by atoms with Gasteiger partial charge >= 0.3 is 11.9 Å². The van der Waals surface area contributed by atoms with Crippen LogP contribution in [0, 0.1) is 0 Å². The summed E-state index contributed by atoms with van der Waals surface area (Å²) in [6, 6.07) is 0. The molecule has 2 aliphatic rings. The highest BCUT2D eigenvalue weighted by Crippen LogP contribution is 2.14. The lowest BCUT2D eigenvalue weighted by Crippen LogP contribution is -2.32. The number of amides is 4. The van der Waals surface area contributed by atoms with Gasteiger partial charge in [-0.25, -0.2) is 9.59 Å². The molecule has 2 saturated heterocycles. The highest BCUT2D eigenvalue weighted by atomic mass is 16.7. The minimum absolute atomic E-state index is 0.000641. The lowest BCUT2D eigenvalue weighted by Gasteiger charge is -2.12. The smallest absolute Gasteiger partial charge is 0.333 e. The zero-order valence-corrected chi connectivity index (χ0v) is 19.0. The molecule has 0 radical (unpaired) electrons. The Labute approximate surface area is 199 Å². The van der Waals surface area contributed by atoms with Crippen molar-refractivity contribution in [2.24, 2.45) is 0 Å². The minimum atomic E-state index is -0.796. The van der Waals surface area contributed by atoms with Gasteiger partial charge < -0.3 is 19.1 Å². The molecular formula is C21H26N2O12. The van der Waals surface area contributed by atoms with Crippen LogP contribution < -0.4 is 0 Å². The van der Waals surface area contributed by atoms with E-state index in [1.807, 2.05) is 0 Å². The molecule has 0 aromatic heterocycles. The van der Waals surface area contributed by atoms with Gasteiger partial charge in [0.1, 0.15) is 20.0 Å². The van der Waals surface area contributed by atoms with Crippen molar-refractivity contribution in [3.8, 4) is 0 Å². The highest BCUT2D eigenvalue weighted by molar-refractivity contribution is 6.02. The van der Waals surface area contributed by atoms with E-state index in [4.69, 9.17) is 9.47 Å². The molecule has 14 nitrogen and oxygen atoms in total. The molecule has 2 fully saturated rings. The quantitative estimate of drug-likeness (QED) is 0.154. The van der Waals surface area contributed by atoms with Crippen LogP contribution in [-0.4, -0.2) is 77.3 Å². The predicted molar refractivity (Wildman–Crippen MR) is 109 cm³/mol. The molecule has 35 heavy (non-hydrogen) atoms. The van der Waals surface area contributed by atoms with Crippen molar-refractivity contribution < 1.29 is 57.5 Å². The largest absolute Gasteiger partial charge is 0.348 e. The Kier molecular flexibility index (Phi) is 11.1. The maximum Gasteiger partial charge on any atom is 0.333 e. The van der Waals surface area contributed by atoms with E-state index in [0.29, 0.717) is 10.1 Å². The van der Waals surface area contributed by atoms with Crippen LogP contribution in [0.4, 0.5) is 0 Å².